The summed E-state index contributed by atoms with van der Waals surface area (Å²) in [6, 6.07) is 23.3. The summed E-state index contributed by atoms with van der Waals surface area (Å²) in [6.07, 6.45) is 0. The van der Waals surface area contributed by atoms with Gasteiger partial charge in [0.25, 0.3) is 0 Å². The van der Waals surface area contributed by atoms with Crippen LogP contribution in [0.25, 0.3) is 0 Å². The summed E-state index contributed by atoms with van der Waals surface area (Å²) >= 11 is 1.72. The van der Waals surface area contributed by atoms with E-state index in [0.717, 1.165) is 12.3 Å². The second kappa shape index (κ2) is 7.95. The first-order chi connectivity index (χ1) is 11.3. The number of ether oxygens (including phenoxy) is 1. The third kappa shape index (κ3) is 4.68. The summed E-state index contributed by atoms with van der Waals surface area (Å²) in [4.78, 5) is 1.24. The SMILES string of the molecule is C[C@H](NCc1ccc(OCc2cccs2)cc1)c1ccccc1. The van der Waals surface area contributed by atoms with E-state index in [-0.39, 0.29) is 0 Å². The molecule has 0 aliphatic heterocycles. The molecule has 0 fully saturated rings. The number of rotatable bonds is 7. The molecule has 1 atom stereocenters. The van der Waals surface area contributed by atoms with E-state index in [1.165, 1.54) is 16.0 Å². The van der Waals surface area contributed by atoms with Gasteiger partial charge in [0.05, 0.1) is 0 Å². The molecule has 1 heterocycles. The maximum absolute atomic E-state index is 5.79. The van der Waals surface area contributed by atoms with Crippen LogP contribution in [-0.4, -0.2) is 0 Å². The van der Waals surface area contributed by atoms with Crippen molar-refractivity contribution in [3.63, 3.8) is 0 Å². The van der Waals surface area contributed by atoms with Gasteiger partial charge >= 0.3 is 0 Å². The van der Waals surface area contributed by atoms with E-state index >= 15 is 0 Å². The van der Waals surface area contributed by atoms with Gasteiger partial charge in [-0.1, -0.05) is 48.5 Å². The lowest BCUT2D eigenvalue weighted by Gasteiger charge is -2.14. The molecule has 0 bridgehead atoms. The minimum Gasteiger partial charge on any atom is -0.488 e. The normalized spacial score (nSPS) is 12.0. The Balaban J connectivity index is 1.49. The third-order valence-corrected chi connectivity index (χ3v) is 4.65. The molecule has 0 amide bonds. The third-order valence-electron chi connectivity index (χ3n) is 3.80. The smallest absolute Gasteiger partial charge is 0.122 e. The average Bonchev–Trinajstić information content (AvgIpc) is 3.13. The molecule has 3 heteroatoms. The molecule has 3 rings (SSSR count). The summed E-state index contributed by atoms with van der Waals surface area (Å²) < 4.78 is 5.79. The minimum atomic E-state index is 0.339. The first-order valence-corrected chi connectivity index (χ1v) is 8.72. The fraction of sp³-hybridized carbons (Fsp3) is 0.200. The van der Waals surface area contributed by atoms with Crippen LogP contribution < -0.4 is 10.1 Å². The fourth-order valence-corrected chi connectivity index (χ4v) is 3.00. The van der Waals surface area contributed by atoms with Gasteiger partial charge in [0.15, 0.2) is 0 Å². The molecule has 1 N–H and O–H groups in total. The Morgan fingerprint density at radius 3 is 2.43 bits per heavy atom. The predicted octanol–water partition coefficient (Wildman–Crippen LogP) is 5.18. The van der Waals surface area contributed by atoms with Gasteiger partial charge in [-0.05, 0) is 41.6 Å². The van der Waals surface area contributed by atoms with Gasteiger partial charge in [0, 0.05) is 17.5 Å². The van der Waals surface area contributed by atoms with E-state index in [4.69, 9.17) is 4.74 Å². The van der Waals surface area contributed by atoms with E-state index in [1.807, 2.05) is 24.3 Å². The van der Waals surface area contributed by atoms with E-state index in [9.17, 15) is 0 Å². The number of benzene rings is 2. The molecule has 2 nitrogen and oxygen atoms in total. The van der Waals surface area contributed by atoms with Gasteiger partial charge in [-0.15, -0.1) is 11.3 Å². The molecule has 0 unspecified atom stereocenters. The van der Waals surface area contributed by atoms with Gasteiger partial charge in [0.2, 0.25) is 0 Å². The van der Waals surface area contributed by atoms with Crippen molar-refractivity contribution in [2.75, 3.05) is 0 Å². The Morgan fingerprint density at radius 1 is 0.957 bits per heavy atom. The van der Waals surface area contributed by atoms with Crippen molar-refractivity contribution < 1.29 is 4.74 Å². The number of hydrogen-bond acceptors (Lipinski definition) is 3. The van der Waals surface area contributed by atoms with E-state index in [1.54, 1.807) is 11.3 Å². The zero-order valence-electron chi connectivity index (χ0n) is 13.2. The summed E-state index contributed by atoms with van der Waals surface area (Å²) in [6.45, 7) is 3.68. The van der Waals surface area contributed by atoms with Crippen molar-refractivity contribution in [3.05, 3.63) is 88.1 Å². The fourth-order valence-electron chi connectivity index (χ4n) is 2.38. The Kier molecular flexibility index (Phi) is 5.46. The lowest BCUT2D eigenvalue weighted by molar-refractivity contribution is 0.309. The van der Waals surface area contributed by atoms with Crippen LogP contribution in [0.5, 0.6) is 5.75 Å². The molecule has 118 valence electrons. The quantitative estimate of drug-likeness (QED) is 0.647. The maximum atomic E-state index is 5.79. The number of hydrogen-bond donors (Lipinski definition) is 1. The monoisotopic (exact) mass is 323 g/mol. The number of thiophene rings is 1. The molecule has 0 saturated carbocycles. The van der Waals surface area contributed by atoms with Crippen LogP contribution >= 0.6 is 11.3 Å². The minimum absolute atomic E-state index is 0.339. The zero-order valence-corrected chi connectivity index (χ0v) is 14.1. The van der Waals surface area contributed by atoms with Crippen molar-refractivity contribution in [2.45, 2.75) is 26.1 Å². The lowest BCUT2D eigenvalue weighted by Crippen LogP contribution is -2.17. The molecule has 23 heavy (non-hydrogen) atoms. The van der Waals surface area contributed by atoms with E-state index in [0.29, 0.717) is 12.6 Å². The second-order valence-corrected chi connectivity index (χ2v) is 6.56. The van der Waals surface area contributed by atoms with E-state index in [2.05, 4.69) is 60.1 Å². The molecule has 0 aliphatic carbocycles. The Bertz CT molecular complexity index is 692. The molecular formula is C20H21NOS. The first-order valence-electron chi connectivity index (χ1n) is 7.84. The topological polar surface area (TPSA) is 21.3 Å². The zero-order chi connectivity index (χ0) is 15.9. The summed E-state index contributed by atoms with van der Waals surface area (Å²) in [5.74, 6) is 0.915. The van der Waals surface area contributed by atoms with Crippen molar-refractivity contribution in [1.82, 2.24) is 5.32 Å². The highest BCUT2D eigenvalue weighted by Crippen LogP contribution is 2.17. The maximum Gasteiger partial charge on any atom is 0.122 e. The van der Waals surface area contributed by atoms with Crippen LogP contribution in [0.15, 0.2) is 72.1 Å². The summed E-state index contributed by atoms with van der Waals surface area (Å²) in [5, 5.41) is 5.62. The highest BCUT2D eigenvalue weighted by atomic mass is 32.1. The van der Waals surface area contributed by atoms with Crippen molar-refractivity contribution in [2.24, 2.45) is 0 Å². The predicted molar refractivity (Wildman–Crippen MR) is 96.8 cm³/mol. The Labute approximate surface area is 141 Å². The van der Waals surface area contributed by atoms with Crippen LogP contribution in [-0.2, 0) is 13.2 Å². The van der Waals surface area contributed by atoms with Crippen LogP contribution in [0.2, 0.25) is 0 Å². The Morgan fingerprint density at radius 2 is 1.74 bits per heavy atom. The highest BCUT2D eigenvalue weighted by molar-refractivity contribution is 7.09. The molecular weight excluding hydrogens is 302 g/mol. The van der Waals surface area contributed by atoms with Gasteiger partial charge in [0.1, 0.15) is 12.4 Å². The summed E-state index contributed by atoms with van der Waals surface area (Å²) in [5.41, 5.74) is 2.57. The lowest BCUT2D eigenvalue weighted by atomic mass is 10.1. The van der Waals surface area contributed by atoms with Crippen molar-refractivity contribution in [1.29, 1.82) is 0 Å². The standard InChI is InChI=1S/C20H21NOS/c1-16(18-6-3-2-4-7-18)21-14-17-9-11-19(12-10-17)22-15-20-8-5-13-23-20/h2-13,16,21H,14-15H2,1H3/t16-/m0/s1. The van der Waals surface area contributed by atoms with Crippen molar-refractivity contribution >= 4 is 11.3 Å². The molecule has 0 radical (unpaired) electrons. The number of nitrogens with one attached hydrogen (secondary N) is 1. The van der Waals surface area contributed by atoms with Gasteiger partial charge in [-0.2, -0.15) is 0 Å². The molecule has 2 aromatic carbocycles. The molecule has 0 saturated heterocycles. The molecule has 0 aliphatic rings. The van der Waals surface area contributed by atoms with Crippen LogP contribution in [0.1, 0.15) is 29.0 Å². The van der Waals surface area contributed by atoms with Crippen LogP contribution in [0.3, 0.4) is 0 Å². The van der Waals surface area contributed by atoms with Gasteiger partial charge in [-0.25, -0.2) is 0 Å². The first kappa shape index (κ1) is 15.8. The largest absolute Gasteiger partial charge is 0.488 e. The average molecular weight is 323 g/mol. The molecule has 0 spiro atoms. The van der Waals surface area contributed by atoms with Gasteiger partial charge < -0.3 is 10.1 Å². The van der Waals surface area contributed by atoms with Crippen LogP contribution in [0.4, 0.5) is 0 Å². The van der Waals surface area contributed by atoms with Gasteiger partial charge in [-0.3, -0.25) is 0 Å². The molecule has 3 aromatic rings. The highest BCUT2D eigenvalue weighted by Gasteiger charge is 2.04. The second-order valence-electron chi connectivity index (χ2n) is 5.53. The Hall–Kier alpha value is -2.10. The van der Waals surface area contributed by atoms with Crippen molar-refractivity contribution in [3.8, 4) is 5.75 Å². The van der Waals surface area contributed by atoms with Crippen LogP contribution in [0, 0.1) is 0 Å². The summed E-state index contributed by atoms with van der Waals surface area (Å²) in [7, 11) is 0. The molecule has 1 aromatic heterocycles. The van der Waals surface area contributed by atoms with E-state index < -0.39 is 0 Å².